The topological polar surface area (TPSA) is 81.5 Å². The lowest BCUT2D eigenvalue weighted by Crippen LogP contribution is -2.43. The molecule has 22 heavy (non-hydrogen) atoms. The van der Waals surface area contributed by atoms with E-state index in [0.717, 1.165) is 37.5 Å². The summed E-state index contributed by atoms with van der Waals surface area (Å²) in [5, 5.41) is 13.7. The molecular formula is C15H19FN2O4. The molecule has 0 heterocycles. The molecule has 120 valence electrons. The van der Waals surface area contributed by atoms with E-state index in [1.807, 2.05) is 0 Å². The van der Waals surface area contributed by atoms with E-state index in [0.29, 0.717) is 5.92 Å². The van der Waals surface area contributed by atoms with Crippen LogP contribution in [0.25, 0.3) is 0 Å². The molecule has 0 unspecified atom stereocenters. The number of rotatable bonds is 5. The van der Waals surface area contributed by atoms with Crippen molar-refractivity contribution >= 4 is 11.6 Å². The lowest BCUT2D eigenvalue weighted by Gasteiger charge is -2.29. The molecule has 1 N–H and O–H groups in total. The number of hydrogen-bond donors (Lipinski definition) is 1. The summed E-state index contributed by atoms with van der Waals surface area (Å²) >= 11 is 0. The van der Waals surface area contributed by atoms with Crippen LogP contribution >= 0.6 is 0 Å². The number of nitrogens with one attached hydrogen (secondary N) is 1. The first kappa shape index (κ1) is 16.2. The van der Waals surface area contributed by atoms with E-state index in [-0.39, 0.29) is 30.0 Å². The molecule has 6 nitrogen and oxygen atoms in total. The lowest BCUT2D eigenvalue weighted by atomic mass is 9.86. The minimum Gasteiger partial charge on any atom is -0.477 e. The predicted molar refractivity (Wildman–Crippen MR) is 78.1 cm³/mol. The van der Waals surface area contributed by atoms with E-state index in [9.17, 15) is 19.3 Å². The van der Waals surface area contributed by atoms with Crippen LogP contribution in [-0.2, 0) is 4.79 Å². The zero-order valence-corrected chi connectivity index (χ0v) is 12.4. The Morgan fingerprint density at radius 2 is 2.18 bits per heavy atom. The van der Waals surface area contributed by atoms with E-state index in [1.54, 1.807) is 0 Å². The molecule has 1 amide bonds. The predicted octanol–water partition coefficient (Wildman–Crippen LogP) is 2.81. The number of halogens is 1. The Morgan fingerprint density at radius 3 is 2.86 bits per heavy atom. The highest BCUT2D eigenvalue weighted by Gasteiger charge is 2.23. The van der Waals surface area contributed by atoms with E-state index in [1.165, 1.54) is 6.42 Å². The summed E-state index contributed by atoms with van der Waals surface area (Å²) in [5.41, 5.74) is -0.361. The number of ether oxygens (including phenoxy) is 1. The van der Waals surface area contributed by atoms with Crippen molar-refractivity contribution in [3.63, 3.8) is 0 Å². The van der Waals surface area contributed by atoms with Crippen LogP contribution < -0.4 is 10.1 Å². The highest BCUT2D eigenvalue weighted by Crippen LogP contribution is 2.27. The highest BCUT2D eigenvalue weighted by atomic mass is 19.1. The second-order valence-corrected chi connectivity index (χ2v) is 5.59. The summed E-state index contributed by atoms with van der Waals surface area (Å²) in [5.74, 6) is -0.836. The van der Waals surface area contributed by atoms with Crippen LogP contribution in [0.5, 0.6) is 5.75 Å². The van der Waals surface area contributed by atoms with Crippen molar-refractivity contribution in [3.05, 3.63) is 34.1 Å². The van der Waals surface area contributed by atoms with Gasteiger partial charge in [-0.15, -0.1) is 0 Å². The molecule has 0 saturated heterocycles. The second-order valence-electron chi connectivity index (χ2n) is 5.59. The van der Waals surface area contributed by atoms with Crippen molar-refractivity contribution in [2.75, 3.05) is 6.61 Å². The summed E-state index contributed by atoms with van der Waals surface area (Å²) < 4.78 is 18.3. The SMILES string of the molecule is C[C@H]1CCCC[C@@H]1NC(=O)COc1cc(F)ccc1[N+](=O)[O-]. The molecule has 0 aliphatic heterocycles. The lowest BCUT2D eigenvalue weighted by molar-refractivity contribution is -0.385. The van der Waals surface area contributed by atoms with Crippen LogP contribution in [0.4, 0.5) is 10.1 Å². The first-order valence-electron chi connectivity index (χ1n) is 7.33. The van der Waals surface area contributed by atoms with Gasteiger partial charge in [-0.25, -0.2) is 4.39 Å². The van der Waals surface area contributed by atoms with Gasteiger partial charge in [-0.3, -0.25) is 14.9 Å². The molecule has 0 aromatic heterocycles. The maximum Gasteiger partial charge on any atom is 0.311 e. The Labute approximate surface area is 127 Å². The van der Waals surface area contributed by atoms with Gasteiger partial charge >= 0.3 is 5.69 Å². The van der Waals surface area contributed by atoms with Gasteiger partial charge in [0, 0.05) is 18.2 Å². The number of nitro groups is 1. The van der Waals surface area contributed by atoms with Gasteiger partial charge < -0.3 is 10.1 Å². The van der Waals surface area contributed by atoms with Crippen molar-refractivity contribution in [2.24, 2.45) is 5.92 Å². The third-order valence-electron chi connectivity index (χ3n) is 3.94. The van der Waals surface area contributed by atoms with E-state index in [2.05, 4.69) is 12.2 Å². The van der Waals surface area contributed by atoms with Crippen molar-refractivity contribution < 1.29 is 18.8 Å². The number of nitro benzene ring substituents is 1. The van der Waals surface area contributed by atoms with Gasteiger partial charge in [0.1, 0.15) is 5.82 Å². The fraction of sp³-hybridized carbons (Fsp3) is 0.533. The first-order valence-corrected chi connectivity index (χ1v) is 7.33. The van der Waals surface area contributed by atoms with Crippen LogP contribution in [0.15, 0.2) is 18.2 Å². The van der Waals surface area contributed by atoms with Crippen molar-refractivity contribution in [3.8, 4) is 5.75 Å². The Kier molecular flexibility index (Phi) is 5.30. The Morgan fingerprint density at radius 1 is 1.45 bits per heavy atom. The summed E-state index contributed by atoms with van der Waals surface area (Å²) in [6.45, 7) is 1.72. The van der Waals surface area contributed by atoms with Crippen LogP contribution in [-0.4, -0.2) is 23.5 Å². The van der Waals surface area contributed by atoms with Crippen molar-refractivity contribution in [2.45, 2.75) is 38.6 Å². The van der Waals surface area contributed by atoms with Gasteiger partial charge in [0.05, 0.1) is 4.92 Å². The minimum absolute atomic E-state index is 0.104. The van der Waals surface area contributed by atoms with Gasteiger partial charge in [0.25, 0.3) is 5.91 Å². The van der Waals surface area contributed by atoms with Crippen molar-refractivity contribution in [1.82, 2.24) is 5.32 Å². The largest absolute Gasteiger partial charge is 0.477 e. The van der Waals surface area contributed by atoms with Gasteiger partial charge in [0.15, 0.2) is 6.61 Å². The quantitative estimate of drug-likeness (QED) is 0.669. The highest BCUT2D eigenvalue weighted by molar-refractivity contribution is 5.78. The molecular weight excluding hydrogens is 291 g/mol. The number of carbonyl (C=O) groups is 1. The average Bonchev–Trinajstić information content (AvgIpc) is 2.47. The number of carbonyl (C=O) groups excluding carboxylic acids is 1. The monoisotopic (exact) mass is 310 g/mol. The molecule has 1 aromatic rings. The van der Waals surface area contributed by atoms with Crippen LogP contribution in [0.1, 0.15) is 32.6 Å². The third-order valence-corrected chi connectivity index (χ3v) is 3.94. The molecule has 1 aliphatic carbocycles. The van der Waals surface area contributed by atoms with E-state index < -0.39 is 10.7 Å². The van der Waals surface area contributed by atoms with Crippen LogP contribution in [0.3, 0.4) is 0 Å². The van der Waals surface area contributed by atoms with Gasteiger partial charge in [-0.05, 0) is 24.8 Å². The molecule has 0 spiro atoms. The Balaban J connectivity index is 1.93. The molecule has 2 atom stereocenters. The molecule has 2 rings (SSSR count). The number of hydrogen-bond acceptors (Lipinski definition) is 4. The molecule has 1 aliphatic rings. The summed E-state index contributed by atoms with van der Waals surface area (Å²) in [6.07, 6.45) is 4.24. The normalized spacial score (nSPS) is 21.2. The zero-order valence-electron chi connectivity index (χ0n) is 12.4. The van der Waals surface area contributed by atoms with Gasteiger partial charge in [0.2, 0.25) is 5.75 Å². The molecule has 1 saturated carbocycles. The molecule has 1 fully saturated rings. The molecule has 0 bridgehead atoms. The fourth-order valence-corrected chi connectivity index (χ4v) is 2.68. The van der Waals surface area contributed by atoms with Gasteiger partial charge in [-0.1, -0.05) is 19.8 Å². The summed E-state index contributed by atoms with van der Waals surface area (Å²) in [4.78, 5) is 22.1. The zero-order chi connectivity index (χ0) is 16.1. The van der Waals surface area contributed by atoms with E-state index >= 15 is 0 Å². The van der Waals surface area contributed by atoms with Crippen molar-refractivity contribution in [1.29, 1.82) is 0 Å². The molecule has 7 heteroatoms. The fourth-order valence-electron chi connectivity index (χ4n) is 2.68. The number of nitrogens with zero attached hydrogens (tertiary/aromatic N) is 1. The number of amides is 1. The second kappa shape index (κ2) is 7.20. The maximum atomic E-state index is 13.2. The van der Waals surface area contributed by atoms with Crippen LogP contribution in [0.2, 0.25) is 0 Å². The summed E-state index contributed by atoms with van der Waals surface area (Å²) in [6, 6.07) is 3.02. The minimum atomic E-state index is -0.671. The Bertz CT molecular complexity index is 564. The van der Waals surface area contributed by atoms with Gasteiger partial charge in [-0.2, -0.15) is 0 Å². The molecule has 0 radical (unpaired) electrons. The van der Waals surface area contributed by atoms with Crippen LogP contribution in [0, 0.1) is 21.8 Å². The number of benzene rings is 1. The van der Waals surface area contributed by atoms with E-state index in [4.69, 9.17) is 4.74 Å². The first-order chi connectivity index (χ1) is 10.5. The standard InChI is InChI=1S/C15H19FN2O4/c1-10-4-2-3-5-12(10)17-15(19)9-22-14-8-11(16)6-7-13(14)18(20)21/h6-8,10,12H,2-5,9H2,1H3,(H,17,19)/t10-,12-/m0/s1. The smallest absolute Gasteiger partial charge is 0.311 e. The molecule has 1 aromatic carbocycles. The summed E-state index contributed by atoms with van der Waals surface area (Å²) in [7, 11) is 0. The average molecular weight is 310 g/mol. The maximum absolute atomic E-state index is 13.2. The third kappa shape index (κ3) is 4.16. The Hall–Kier alpha value is -2.18.